The summed E-state index contributed by atoms with van der Waals surface area (Å²) in [6, 6.07) is 0. The number of carboxylic acids is 1. The maximum absolute atomic E-state index is 9.73. The number of hydrogen-bond acceptors (Lipinski definition) is 2. The molecule has 0 N–H and O–H groups in total. The van der Waals surface area contributed by atoms with Gasteiger partial charge < -0.3 is 9.90 Å². The SMILES string of the molecule is O=C([O-])/C=C/C1CC1.[Li+]. The second-order valence-corrected chi connectivity index (χ2v) is 2.02. The number of carbonyl (C=O) groups excluding carboxylic acids is 1. The molecule has 0 amide bonds. The number of allylic oxidation sites excluding steroid dienone is 1. The third kappa shape index (κ3) is 4.32. The molecular formula is C6H7LiO2. The molecule has 1 saturated carbocycles. The largest absolute Gasteiger partial charge is 1.00 e. The second kappa shape index (κ2) is 3.76. The van der Waals surface area contributed by atoms with Gasteiger partial charge in [0.15, 0.2) is 0 Å². The Morgan fingerprint density at radius 3 is 2.44 bits per heavy atom. The molecule has 0 aromatic carbocycles. The van der Waals surface area contributed by atoms with E-state index in [1.54, 1.807) is 6.08 Å². The van der Waals surface area contributed by atoms with Crippen LogP contribution in [0.5, 0.6) is 0 Å². The molecule has 0 unspecified atom stereocenters. The molecule has 2 nitrogen and oxygen atoms in total. The van der Waals surface area contributed by atoms with E-state index in [4.69, 9.17) is 0 Å². The summed E-state index contributed by atoms with van der Waals surface area (Å²) in [5.41, 5.74) is 0. The summed E-state index contributed by atoms with van der Waals surface area (Å²) >= 11 is 0. The van der Waals surface area contributed by atoms with Crippen LogP contribution in [-0.4, -0.2) is 5.97 Å². The summed E-state index contributed by atoms with van der Waals surface area (Å²) in [6.07, 6.45) is 5.08. The number of hydrogen-bond donors (Lipinski definition) is 0. The third-order valence-corrected chi connectivity index (χ3v) is 1.13. The van der Waals surface area contributed by atoms with E-state index in [9.17, 15) is 9.90 Å². The average Bonchev–Trinajstić information content (AvgIpc) is 2.41. The van der Waals surface area contributed by atoms with Gasteiger partial charge in [0, 0.05) is 0 Å². The first kappa shape index (κ1) is 8.81. The number of carboxylic acid groups (broad SMARTS) is 1. The number of rotatable bonds is 2. The molecule has 0 bridgehead atoms. The van der Waals surface area contributed by atoms with E-state index in [0.717, 1.165) is 18.9 Å². The fraction of sp³-hybridized carbons (Fsp3) is 0.500. The molecule has 44 valence electrons. The summed E-state index contributed by atoms with van der Waals surface area (Å²) < 4.78 is 0. The molecule has 0 aromatic rings. The van der Waals surface area contributed by atoms with Crippen LogP contribution in [0.2, 0.25) is 0 Å². The van der Waals surface area contributed by atoms with Gasteiger partial charge in [0.25, 0.3) is 0 Å². The van der Waals surface area contributed by atoms with Crippen molar-refractivity contribution in [2.24, 2.45) is 5.92 Å². The van der Waals surface area contributed by atoms with Crippen molar-refractivity contribution in [2.45, 2.75) is 12.8 Å². The van der Waals surface area contributed by atoms with Crippen molar-refractivity contribution in [2.75, 3.05) is 0 Å². The molecule has 9 heavy (non-hydrogen) atoms. The van der Waals surface area contributed by atoms with Crippen LogP contribution in [0, 0.1) is 5.92 Å². The summed E-state index contributed by atoms with van der Waals surface area (Å²) in [6.45, 7) is 0. The van der Waals surface area contributed by atoms with Crippen molar-refractivity contribution >= 4 is 5.97 Å². The van der Waals surface area contributed by atoms with Crippen LogP contribution in [0.1, 0.15) is 12.8 Å². The Labute approximate surface area is 66.1 Å². The minimum atomic E-state index is -1.09. The van der Waals surface area contributed by atoms with Gasteiger partial charge in [0.1, 0.15) is 0 Å². The monoisotopic (exact) mass is 118 g/mol. The van der Waals surface area contributed by atoms with Crippen LogP contribution in [0.15, 0.2) is 12.2 Å². The molecule has 0 saturated heterocycles. The van der Waals surface area contributed by atoms with Gasteiger partial charge in [0.05, 0.1) is 5.97 Å². The first-order chi connectivity index (χ1) is 3.79. The first-order valence-corrected chi connectivity index (χ1v) is 2.68. The van der Waals surface area contributed by atoms with E-state index in [-0.39, 0.29) is 18.9 Å². The van der Waals surface area contributed by atoms with Gasteiger partial charge in [-0.1, -0.05) is 6.08 Å². The smallest absolute Gasteiger partial charge is 0.545 e. The molecule has 1 aliphatic rings. The van der Waals surface area contributed by atoms with Crippen LogP contribution in [0.4, 0.5) is 0 Å². The predicted octanol–water partition coefficient (Wildman–Crippen LogP) is -3.29. The Kier molecular flexibility index (Phi) is 3.68. The molecule has 0 aromatic heterocycles. The van der Waals surface area contributed by atoms with E-state index in [0.29, 0.717) is 5.92 Å². The predicted molar refractivity (Wildman–Crippen MR) is 26.9 cm³/mol. The Morgan fingerprint density at radius 2 is 2.11 bits per heavy atom. The van der Waals surface area contributed by atoms with Crippen LogP contribution >= 0.6 is 0 Å². The molecule has 1 rings (SSSR count). The molecule has 0 spiro atoms. The van der Waals surface area contributed by atoms with Crippen LogP contribution < -0.4 is 24.0 Å². The van der Waals surface area contributed by atoms with E-state index in [1.165, 1.54) is 0 Å². The maximum atomic E-state index is 9.73. The molecule has 3 heteroatoms. The van der Waals surface area contributed by atoms with Crippen LogP contribution in [-0.2, 0) is 4.79 Å². The van der Waals surface area contributed by atoms with E-state index >= 15 is 0 Å². The van der Waals surface area contributed by atoms with Crippen molar-refractivity contribution < 1.29 is 28.8 Å². The van der Waals surface area contributed by atoms with Crippen molar-refractivity contribution in [1.29, 1.82) is 0 Å². The maximum Gasteiger partial charge on any atom is 1.00 e. The standard InChI is InChI=1S/C6H8O2.Li/c7-6(8)4-3-5-1-2-5;/h3-5H,1-2H2,(H,7,8);/q;+1/p-1/b4-3+;. The van der Waals surface area contributed by atoms with Gasteiger partial charge in [-0.15, -0.1) is 0 Å². The number of carbonyl (C=O) groups is 1. The molecule has 0 aliphatic heterocycles. The third-order valence-electron chi connectivity index (χ3n) is 1.13. The van der Waals surface area contributed by atoms with E-state index in [2.05, 4.69) is 0 Å². The minimum absolute atomic E-state index is 0. The Bertz CT molecular complexity index is 127. The van der Waals surface area contributed by atoms with Gasteiger partial charge in [-0.25, -0.2) is 0 Å². The van der Waals surface area contributed by atoms with Crippen molar-refractivity contribution in [3.8, 4) is 0 Å². The van der Waals surface area contributed by atoms with Crippen LogP contribution in [0.3, 0.4) is 0 Å². The molecule has 1 aliphatic carbocycles. The molecule has 0 radical (unpaired) electrons. The second-order valence-electron chi connectivity index (χ2n) is 2.02. The summed E-state index contributed by atoms with van der Waals surface area (Å²) in [7, 11) is 0. The van der Waals surface area contributed by atoms with Gasteiger partial charge in [0.2, 0.25) is 0 Å². The molecule has 0 heterocycles. The van der Waals surface area contributed by atoms with Crippen LogP contribution in [0.25, 0.3) is 0 Å². The molecular weight excluding hydrogens is 111 g/mol. The van der Waals surface area contributed by atoms with Crippen molar-refractivity contribution in [3.05, 3.63) is 12.2 Å². The van der Waals surface area contributed by atoms with Gasteiger partial charge in [-0.05, 0) is 24.8 Å². The first-order valence-electron chi connectivity index (χ1n) is 2.68. The van der Waals surface area contributed by atoms with Crippen molar-refractivity contribution in [3.63, 3.8) is 0 Å². The average molecular weight is 118 g/mol. The molecule has 0 atom stereocenters. The zero-order valence-corrected chi connectivity index (χ0v) is 5.46. The summed E-state index contributed by atoms with van der Waals surface area (Å²) in [4.78, 5) is 9.73. The zero-order valence-electron chi connectivity index (χ0n) is 5.46. The summed E-state index contributed by atoms with van der Waals surface area (Å²) in [5.74, 6) is -0.551. The van der Waals surface area contributed by atoms with Gasteiger partial charge in [-0.3, -0.25) is 0 Å². The molecule has 1 fully saturated rings. The van der Waals surface area contributed by atoms with E-state index < -0.39 is 5.97 Å². The van der Waals surface area contributed by atoms with Gasteiger partial charge in [-0.2, -0.15) is 0 Å². The minimum Gasteiger partial charge on any atom is -0.545 e. The normalized spacial score (nSPS) is 17.3. The fourth-order valence-corrected chi connectivity index (χ4v) is 0.503. The Hall–Kier alpha value is -0.193. The zero-order chi connectivity index (χ0) is 5.98. The van der Waals surface area contributed by atoms with Crippen molar-refractivity contribution in [1.82, 2.24) is 0 Å². The quantitative estimate of drug-likeness (QED) is 0.281. The topological polar surface area (TPSA) is 40.1 Å². The van der Waals surface area contributed by atoms with E-state index in [1.807, 2.05) is 0 Å². The number of aliphatic carboxylic acids is 1. The fourth-order valence-electron chi connectivity index (χ4n) is 0.503. The summed E-state index contributed by atoms with van der Waals surface area (Å²) in [5, 5.41) is 9.73. The Balaban J connectivity index is 0.000000640. The Morgan fingerprint density at radius 1 is 1.56 bits per heavy atom. The van der Waals surface area contributed by atoms with Gasteiger partial charge >= 0.3 is 18.9 Å².